The third-order valence-electron chi connectivity index (χ3n) is 3.01. The summed E-state index contributed by atoms with van der Waals surface area (Å²) >= 11 is 7.47. The van der Waals surface area contributed by atoms with E-state index in [1.54, 1.807) is 0 Å². The van der Waals surface area contributed by atoms with Crippen LogP contribution in [0.25, 0.3) is 0 Å². The Kier molecular flexibility index (Phi) is 5.43. The van der Waals surface area contributed by atoms with Crippen LogP contribution in [0.4, 0.5) is 5.82 Å². The highest BCUT2D eigenvalue weighted by Crippen LogP contribution is 2.41. The van der Waals surface area contributed by atoms with Crippen LogP contribution in [-0.4, -0.2) is 26.7 Å². The Morgan fingerprint density at radius 3 is 2.63 bits per heavy atom. The van der Waals surface area contributed by atoms with E-state index < -0.39 is 0 Å². The highest BCUT2D eigenvalue weighted by Gasteiger charge is 2.27. The first-order valence-corrected chi connectivity index (χ1v) is 9.43. The molecule has 106 valence electrons. The Bertz CT molecular complexity index is 454. The van der Waals surface area contributed by atoms with Gasteiger partial charge in [-0.05, 0) is 28.3 Å². The molecule has 2 rings (SSSR count). The third-order valence-corrected chi connectivity index (χ3v) is 6.96. The fraction of sp³-hybridized carbons (Fsp3) is 0.692. The Hall–Kier alpha value is 0.0600. The lowest BCUT2D eigenvalue weighted by molar-refractivity contribution is 0.627. The summed E-state index contributed by atoms with van der Waals surface area (Å²) in [6, 6.07) is 0. The molecule has 2 unspecified atom stereocenters. The molecule has 19 heavy (non-hydrogen) atoms. The van der Waals surface area contributed by atoms with Crippen molar-refractivity contribution >= 4 is 45.3 Å². The first kappa shape index (κ1) is 15.4. The summed E-state index contributed by atoms with van der Waals surface area (Å²) in [6.45, 7) is 6.64. The molecule has 1 aromatic heterocycles. The first-order valence-electron chi connectivity index (χ1n) is 6.54. The average Bonchev–Trinajstić information content (AvgIpc) is 2.35. The average molecular weight is 362 g/mol. The molecule has 0 bridgehead atoms. The highest BCUT2D eigenvalue weighted by molar-refractivity contribution is 9.10. The topological polar surface area (TPSA) is 51.8 Å². The van der Waals surface area contributed by atoms with Gasteiger partial charge in [0.05, 0.1) is 15.4 Å². The fourth-order valence-electron chi connectivity index (χ4n) is 2.10. The van der Waals surface area contributed by atoms with Gasteiger partial charge in [-0.1, -0.05) is 20.8 Å². The summed E-state index contributed by atoms with van der Waals surface area (Å²) < 4.78 is 0.867. The van der Waals surface area contributed by atoms with E-state index in [2.05, 4.69) is 41.7 Å². The van der Waals surface area contributed by atoms with Gasteiger partial charge in [0.15, 0.2) is 0 Å². The zero-order valence-electron chi connectivity index (χ0n) is 11.5. The molecule has 2 heterocycles. The smallest absolute Gasteiger partial charge is 0.145 e. The summed E-state index contributed by atoms with van der Waals surface area (Å²) in [7, 11) is 0. The van der Waals surface area contributed by atoms with E-state index in [1.165, 1.54) is 11.5 Å². The Labute approximate surface area is 132 Å². The Morgan fingerprint density at radius 1 is 1.32 bits per heavy atom. The number of rotatable bonds is 3. The van der Waals surface area contributed by atoms with Crippen molar-refractivity contribution in [2.75, 3.05) is 17.2 Å². The van der Waals surface area contributed by atoms with Gasteiger partial charge in [0.1, 0.15) is 11.6 Å². The molecule has 1 saturated heterocycles. The molecule has 0 saturated carbocycles. The van der Waals surface area contributed by atoms with Gasteiger partial charge >= 0.3 is 0 Å². The van der Waals surface area contributed by atoms with Gasteiger partial charge < -0.3 is 5.73 Å². The zero-order chi connectivity index (χ0) is 14.0. The molecule has 1 aliphatic rings. The summed E-state index contributed by atoms with van der Waals surface area (Å²) in [4.78, 5) is 9.28. The van der Waals surface area contributed by atoms with E-state index >= 15 is 0 Å². The van der Waals surface area contributed by atoms with Gasteiger partial charge in [0, 0.05) is 16.8 Å². The zero-order valence-corrected chi connectivity index (χ0v) is 14.7. The SMILES string of the molecule is CC(C)Cc1nc(C2SCCSC2C)nc(N)c1Br. The molecule has 1 aliphatic heterocycles. The quantitative estimate of drug-likeness (QED) is 0.883. The first-order chi connectivity index (χ1) is 8.99. The van der Waals surface area contributed by atoms with Crippen molar-refractivity contribution in [2.45, 2.75) is 37.7 Å². The minimum Gasteiger partial charge on any atom is -0.383 e. The number of hydrogen-bond donors (Lipinski definition) is 1. The van der Waals surface area contributed by atoms with E-state index in [0.29, 0.717) is 22.2 Å². The maximum atomic E-state index is 6.04. The molecule has 1 aromatic rings. The number of hydrogen-bond acceptors (Lipinski definition) is 5. The van der Waals surface area contributed by atoms with Gasteiger partial charge in [-0.2, -0.15) is 11.8 Å². The molecular formula is C13H20BrN3S2. The molecule has 1 fully saturated rings. The van der Waals surface area contributed by atoms with Crippen molar-refractivity contribution in [3.63, 3.8) is 0 Å². The van der Waals surface area contributed by atoms with Crippen LogP contribution in [0.2, 0.25) is 0 Å². The van der Waals surface area contributed by atoms with Crippen LogP contribution < -0.4 is 5.73 Å². The van der Waals surface area contributed by atoms with Crippen molar-refractivity contribution < 1.29 is 0 Å². The number of halogens is 1. The Balaban J connectivity index is 2.32. The second kappa shape index (κ2) is 6.68. The van der Waals surface area contributed by atoms with Crippen LogP contribution in [0.5, 0.6) is 0 Å². The summed E-state index contributed by atoms with van der Waals surface area (Å²) in [5.41, 5.74) is 7.08. The van der Waals surface area contributed by atoms with E-state index in [9.17, 15) is 0 Å². The van der Waals surface area contributed by atoms with E-state index in [1.807, 2.05) is 23.5 Å². The predicted octanol–water partition coefficient (Wildman–Crippen LogP) is 3.93. The number of nitrogens with zero attached hydrogens (tertiary/aromatic N) is 2. The van der Waals surface area contributed by atoms with Gasteiger partial charge in [-0.3, -0.25) is 0 Å². The van der Waals surface area contributed by atoms with Crippen molar-refractivity contribution in [2.24, 2.45) is 5.92 Å². The van der Waals surface area contributed by atoms with Crippen LogP contribution in [0, 0.1) is 5.92 Å². The molecule has 0 aromatic carbocycles. The van der Waals surface area contributed by atoms with E-state index in [4.69, 9.17) is 10.7 Å². The van der Waals surface area contributed by atoms with Crippen LogP contribution in [0.15, 0.2) is 4.47 Å². The van der Waals surface area contributed by atoms with Crippen molar-refractivity contribution in [3.8, 4) is 0 Å². The molecule has 0 spiro atoms. The minimum absolute atomic E-state index is 0.361. The molecule has 0 radical (unpaired) electrons. The molecule has 0 aliphatic carbocycles. The van der Waals surface area contributed by atoms with Gasteiger partial charge in [0.25, 0.3) is 0 Å². The minimum atomic E-state index is 0.361. The second-order valence-corrected chi connectivity index (χ2v) is 8.72. The lowest BCUT2D eigenvalue weighted by atomic mass is 10.1. The lowest BCUT2D eigenvalue weighted by Gasteiger charge is -2.27. The molecule has 2 N–H and O–H groups in total. The predicted molar refractivity (Wildman–Crippen MR) is 89.8 cm³/mol. The summed E-state index contributed by atoms with van der Waals surface area (Å²) in [5, 5.41) is 0.909. The normalized spacial score (nSPS) is 23.8. The standard InChI is InChI=1S/C13H20BrN3S2/c1-7(2)6-9-10(14)12(15)17-13(16-9)11-8(3)18-4-5-19-11/h7-8,11H,4-6H2,1-3H3,(H2,15,16,17). The largest absolute Gasteiger partial charge is 0.383 e. The third kappa shape index (κ3) is 3.79. The maximum absolute atomic E-state index is 6.04. The van der Waals surface area contributed by atoms with E-state index in [0.717, 1.165) is 22.4 Å². The summed E-state index contributed by atoms with van der Waals surface area (Å²) in [6.07, 6.45) is 0.930. The van der Waals surface area contributed by atoms with Crippen molar-refractivity contribution in [1.82, 2.24) is 9.97 Å². The monoisotopic (exact) mass is 361 g/mol. The number of nitrogens with two attached hydrogens (primary N) is 1. The molecule has 2 atom stereocenters. The van der Waals surface area contributed by atoms with Crippen LogP contribution >= 0.6 is 39.5 Å². The van der Waals surface area contributed by atoms with Crippen LogP contribution in [0.1, 0.15) is 37.5 Å². The van der Waals surface area contributed by atoms with Crippen molar-refractivity contribution in [3.05, 3.63) is 16.0 Å². The molecule has 0 amide bonds. The second-order valence-electron chi connectivity index (χ2n) is 5.19. The van der Waals surface area contributed by atoms with Gasteiger partial charge in [-0.25, -0.2) is 9.97 Å². The Morgan fingerprint density at radius 2 is 2.00 bits per heavy atom. The van der Waals surface area contributed by atoms with Gasteiger partial charge in [0.2, 0.25) is 0 Å². The van der Waals surface area contributed by atoms with E-state index in [-0.39, 0.29) is 0 Å². The number of nitrogen functional groups attached to an aromatic ring is 1. The maximum Gasteiger partial charge on any atom is 0.145 e. The number of thioether (sulfide) groups is 2. The number of aromatic nitrogens is 2. The molecule has 3 nitrogen and oxygen atoms in total. The fourth-order valence-corrected chi connectivity index (χ4v) is 5.13. The lowest BCUT2D eigenvalue weighted by Crippen LogP contribution is -2.20. The highest BCUT2D eigenvalue weighted by atomic mass is 79.9. The molecule has 6 heteroatoms. The van der Waals surface area contributed by atoms with Crippen molar-refractivity contribution in [1.29, 1.82) is 0 Å². The van der Waals surface area contributed by atoms with Crippen LogP contribution in [-0.2, 0) is 6.42 Å². The van der Waals surface area contributed by atoms with Crippen LogP contribution in [0.3, 0.4) is 0 Å². The van der Waals surface area contributed by atoms with Gasteiger partial charge in [-0.15, -0.1) is 11.8 Å². The number of anilines is 1. The summed E-state index contributed by atoms with van der Waals surface area (Å²) in [5.74, 6) is 4.42. The molecular weight excluding hydrogens is 342 g/mol.